The summed E-state index contributed by atoms with van der Waals surface area (Å²) in [5.41, 5.74) is 1.83. The Labute approximate surface area is 102 Å². The van der Waals surface area contributed by atoms with Crippen molar-refractivity contribution >= 4 is 28.1 Å². The molecular formula is C13H10BrNO. The van der Waals surface area contributed by atoms with Crippen LogP contribution in [0, 0.1) is 0 Å². The lowest BCUT2D eigenvalue weighted by Gasteiger charge is -1.99. The first-order chi connectivity index (χ1) is 7.75. The molecule has 0 saturated heterocycles. The number of hydrogen-bond acceptors (Lipinski definition) is 2. The molecule has 0 fully saturated rings. The fourth-order valence-corrected chi connectivity index (χ4v) is 1.70. The average Bonchev–Trinajstić information content (AvgIpc) is 2.32. The molecule has 1 N–H and O–H groups in total. The topological polar surface area (TPSA) is 33.1 Å². The van der Waals surface area contributed by atoms with Crippen molar-refractivity contribution < 1.29 is 5.11 Å². The molecule has 2 nitrogen and oxygen atoms in total. The lowest BCUT2D eigenvalue weighted by atomic mass is 10.1. The van der Waals surface area contributed by atoms with E-state index in [4.69, 9.17) is 0 Å². The second-order valence-corrected chi connectivity index (χ2v) is 4.23. The molecule has 0 radical (unpaired) electrons. The van der Waals surface area contributed by atoms with E-state index >= 15 is 0 Å². The van der Waals surface area contributed by atoms with Crippen LogP contribution in [0.1, 0.15) is 11.1 Å². The third-order valence-corrected chi connectivity index (χ3v) is 2.64. The summed E-state index contributed by atoms with van der Waals surface area (Å²) in [4.78, 5) is 3.94. The van der Waals surface area contributed by atoms with E-state index in [1.54, 1.807) is 24.5 Å². The predicted octanol–water partition coefficient (Wildman–Crippen LogP) is 3.72. The van der Waals surface area contributed by atoms with Gasteiger partial charge in [-0.3, -0.25) is 4.98 Å². The Hall–Kier alpha value is -1.61. The number of pyridine rings is 1. The van der Waals surface area contributed by atoms with Crippen LogP contribution < -0.4 is 0 Å². The largest absolute Gasteiger partial charge is 0.507 e. The highest BCUT2D eigenvalue weighted by molar-refractivity contribution is 9.10. The van der Waals surface area contributed by atoms with Crippen molar-refractivity contribution in [3.05, 3.63) is 58.3 Å². The van der Waals surface area contributed by atoms with Crippen molar-refractivity contribution in [2.45, 2.75) is 0 Å². The highest BCUT2D eigenvalue weighted by atomic mass is 79.9. The van der Waals surface area contributed by atoms with Crippen LogP contribution in [0.2, 0.25) is 0 Å². The van der Waals surface area contributed by atoms with Gasteiger partial charge in [0.25, 0.3) is 0 Å². The summed E-state index contributed by atoms with van der Waals surface area (Å²) < 4.78 is 0.944. The SMILES string of the molecule is Oc1ccc(Br)cc1/C=C/c1ccncc1. The van der Waals surface area contributed by atoms with E-state index in [-0.39, 0.29) is 5.75 Å². The van der Waals surface area contributed by atoms with Gasteiger partial charge in [-0.25, -0.2) is 0 Å². The number of halogens is 1. The van der Waals surface area contributed by atoms with Gasteiger partial charge >= 0.3 is 0 Å². The van der Waals surface area contributed by atoms with Crippen molar-refractivity contribution in [1.29, 1.82) is 0 Å². The van der Waals surface area contributed by atoms with E-state index in [0.717, 1.165) is 15.6 Å². The van der Waals surface area contributed by atoms with Crippen LogP contribution in [-0.2, 0) is 0 Å². The van der Waals surface area contributed by atoms with Gasteiger partial charge in [0.15, 0.2) is 0 Å². The molecule has 0 unspecified atom stereocenters. The minimum Gasteiger partial charge on any atom is -0.507 e. The van der Waals surface area contributed by atoms with E-state index in [9.17, 15) is 5.11 Å². The molecule has 80 valence electrons. The molecule has 16 heavy (non-hydrogen) atoms. The number of aromatic nitrogens is 1. The highest BCUT2D eigenvalue weighted by Crippen LogP contribution is 2.23. The quantitative estimate of drug-likeness (QED) is 0.906. The van der Waals surface area contributed by atoms with Gasteiger partial charge in [-0.2, -0.15) is 0 Å². The predicted molar refractivity (Wildman–Crippen MR) is 69.0 cm³/mol. The average molecular weight is 276 g/mol. The third kappa shape index (κ3) is 2.70. The van der Waals surface area contributed by atoms with Gasteiger partial charge < -0.3 is 5.11 Å². The van der Waals surface area contributed by atoms with E-state index in [1.165, 1.54) is 0 Å². The Bertz CT molecular complexity index is 509. The van der Waals surface area contributed by atoms with Gasteiger partial charge in [0.1, 0.15) is 5.75 Å². The van der Waals surface area contributed by atoms with Crippen LogP contribution in [0.15, 0.2) is 47.2 Å². The van der Waals surface area contributed by atoms with Crippen LogP contribution in [0.5, 0.6) is 5.75 Å². The zero-order valence-corrected chi connectivity index (χ0v) is 10.1. The first-order valence-corrected chi connectivity index (χ1v) is 5.61. The summed E-state index contributed by atoms with van der Waals surface area (Å²) in [5, 5.41) is 9.63. The number of nitrogens with zero attached hydrogens (tertiary/aromatic N) is 1. The molecule has 2 rings (SSSR count). The lowest BCUT2D eigenvalue weighted by molar-refractivity contribution is 0.474. The smallest absolute Gasteiger partial charge is 0.122 e. The molecule has 0 atom stereocenters. The molecule has 0 aliphatic rings. The molecule has 1 aromatic carbocycles. The summed E-state index contributed by atoms with van der Waals surface area (Å²) in [5.74, 6) is 0.272. The number of phenols is 1. The fourth-order valence-electron chi connectivity index (χ4n) is 1.32. The van der Waals surface area contributed by atoms with Crippen LogP contribution in [0.3, 0.4) is 0 Å². The Kier molecular flexibility index (Phi) is 3.37. The standard InChI is InChI=1S/C13H10BrNO/c14-12-3-4-13(16)11(9-12)2-1-10-5-7-15-8-6-10/h1-9,16H/b2-1+. The Balaban J connectivity index is 2.27. The van der Waals surface area contributed by atoms with Crippen molar-refractivity contribution in [3.8, 4) is 5.75 Å². The minimum absolute atomic E-state index is 0.272. The van der Waals surface area contributed by atoms with Gasteiger partial charge in [0.05, 0.1) is 0 Å². The zero-order valence-electron chi connectivity index (χ0n) is 8.47. The van der Waals surface area contributed by atoms with E-state index in [2.05, 4.69) is 20.9 Å². The normalized spacial score (nSPS) is 10.8. The maximum Gasteiger partial charge on any atom is 0.122 e. The second kappa shape index (κ2) is 4.94. The molecule has 0 aliphatic carbocycles. The van der Waals surface area contributed by atoms with Crippen LogP contribution in [0.25, 0.3) is 12.2 Å². The highest BCUT2D eigenvalue weighted by Gasteiger charge is 1.97. The van der Waals surface area contributed by atoms with Gasteiger partial charge in [-0.15, -0.1) is 0 Å². The van der Waals surface area contributed by atoms with E-state index in [0.29, 0.717) is 0 Å². The van der Waals surface area contributed by atoms with Gasteiger partial charge in [-0.1, -0.05) is 28.1 Å². The van der Waals surface area contributed by atoms with Crippen LogP contribution in [0.4, 0.5) is 0 Å². The zero-order chi connectivity index (χ0) is 11.4. The molecule has 1 heterocycles. The second-order valence-electron chi connectivity index (χ2n) is 3.32. The number of rotatable bonds is 2. The maximum atomic E-state index is 9.63. The molecule has 0 aliphatic heterocycles. The molecular weight excluding hydrogens is 266 g/mol. The molecule has 0 bridgehead atoms. The molecule has 2 aromatic rings. The van der Waals surface area contributed by atoms with Crippen LogP contribution >= 0.6 is 15.9 Å². The Morgan fingerprint density at radius 1 is 1.06 bits per heavy atom. The summed E-state index contributed by atoms with van der Waals surface area (Å²) >= 11 is 3.37. The van der Waals surface area contributed by atoms with Crippen molar-refractivity contribution in [1.82, 2.24) is 4.98 Å². The lowest BCUT2D eigenvalue weighted by Crippen LogP contribution is -1.76. The fraction of sp³-hybridized carbons (Fsp3) is 0. The van der Waals surface area contributed by atoms with Gasteiger partial charge in [-0.05, 0) is 35.9 Å². The summed E-state index contributed by atoms with van der Waals surface area (Å²) in [6.07, 6.45) is 7.28. The number of phenolic OH excluding ortho intramolecular Hbond substituents is 1. The molecule has 0 amide bonds. The Morgan fingerprint density at radius 2 is 1.81 bits per heavy atom. The van der Waals surface area contributed by atoms with E-state index in [1.807, 2.05) is 30.4 Å². The maximum absolute atomic E-state index is 9.63. The molecule has 1 aromatic heterocycles. The monoisotopic (exact) mass is 275 g/mol. The van der Waals surface area contributed by atoms with E-state index < -0.39 is 0 Å². The first kappa shape index (κ1) is 10.9. The van der Waals surface area contributed by atoms with Crippen molar-refractivity contribution in [2.24, 2.45) is 0 Å². The summed E-state index contributed by atoms with van der Waals surface area (Å²) in [6, 6.07) is 9.15. The molecule has 0 saturated carbocycles. The van der Waals surface area contributed by atoms with Gasteiger partial charge in [0.2, 0.25) is 0 Å². The number of benzene rings is 1. The Morgan fingerprint density at radius 3 is 2.56 bits per heavy atom. The third-order valence-electron chi connectivity index (χ3n) is 2.15. The molecule has 0 spiro atoms. The summed E-state index contributed by atoms with van der Waals surface area (Å²) in [7, 11) is 0. The van der Waals surface area contributed by atoms with Crippen LogP contribution in [-0.4, -0.2) is 10.1 Å². The van der Waals surface area contributed by atoms with Crippen molar-refractivity contribution in [2.75, 3.05) is 0 Å². The summed E-state index contributed by atoms with van der Waals surface area (Å²) in [6.45, 7) is 0. The van der Waals surface area contributed by atoms with Gasteiger partial charge in [0, 0.05) is 22.4 Å². The first-order valence-electron chi connectivity index (χ1n) is 4.82. The number of hydrogen-bond donors (Lipinski definition) is 1. The minimum atomic E-state index is 0.272. The van der Waals surface area contributed by atoms with Crippen molar-refractivity contribution in [3.63, 3.8) is 0 Å². The molecule has 3 heteroatoms. The number of aromatic hydroxyl groups is 1.